The summed E-state index contributed by atoms with van der Waals surface area (Å²) in [6, 6.07) is 11.1. The minimum absolute atomic E-state index is 1.34. The van der Waals surface area contributed by atoms with E-state index in [1.54, 1.807) is 4.40 Å². The van der Waals surface area contributed by atoms with E-state index in [0.717, 1.165) is 0 Å². The minimum atomic E-state index is -1.63. The predicted molar refractivity (Wildman–Crippen MR) is 67.9 cm³/mol. The molecule has 1 heteroatoms. The van der Waals surface area contributed by atoms with Gasteiger partial charge in [-0.2, -0.15) is 0 Å². The fraction of sp³-hybridized carbons (Fsp3) is 0.538. The second kappa shape index (κ2) is 5.60. The van der Waals surface area contributed by atoms with E-state index in [0.29, 0.717) is 0 Å². The van der Waals surface area contributed by atoms with Gasteiger partial charge in [-0.1, -0.05) is 0 Å². The van der Waals surface area contributed by atoms with Crippen LogP contribution in [-0.4, -0.2) is 13.3 Å². The third kappa shape index (κ3) is 3.49. The Morgan fingerprint density at radius 1 is 1.00 bits per heavy atom. The van der Waals surface area contributed by atoms with E-state index in [2.05, 4.69) is 48.8 Å². The van der Waals surface area contributed by atoms with Gasteiger partial charge in [0.15, 0.2) is 0 Å². The molecule has 0 atom stereocenters. The van der Waals surface area contributed by atoms with E-state index in [4.69, 9.17) is 0 Å². The molecule has 78 valence electrons. The molecule has 1 rings (SSSR count). The van der Waals surface area contributed by atoms with Crippen LogP contribution in [0.2, 0.25) is 16.8 Å². The summed E-state index contributed by atoms with van der Waals surface area (Å²) in [7, 11) is 0. The molecule has 0 unspecified atom stereocenters. The fourth-order valence-electron chi connectivity index (χ4n) is 1.85. The normalized spacial score (nSPS) is 11.6. The Balaban J connectivity index is 2.56. The van der Waals surface area contributed by atoms with Crippen LogP contribution in [0.15, 0.2) is 30.3 Å². The van der Waals surface area contributed by atoms with Crippen molar-refractivity contribution in [3.63, 3.8) is 0 Å². The number of hydrogen-bond acceptors (Lipinski definition) is 0. The van der Waals surface area contributed by atoms with Crippen LogP contribution in [0.25, 0.3) is 0 Å². The molecular formula is C13H22Ge. The molecule has 0 aromatic heterocycles. The van der Waals surface area contributed by atoms with Crippen LogP contribution in [-0.2, 0) is 0 Å². The zero-order valence-electron chi connectivity index (χ0n) is 9.72. The molecule has 14 heavy (non-hydrogen) atoms. The first kappa shape index (κ1) is 11.8. The molecule has 1 aromatic rings. The molecule has 0 saturated heterocycles. The summed E-state index contributed by atoms with van der Waals surface area (Å²) in [4.78, 5) is 0. The summed E-state index contributed by atoms with van der Waals surface area (Å²) in [6.45, 7) is 2.28. The molecule has 0 fully saturated rings. The Hall–Kier alpha value is -0.237. The van der Waals surface area contributed by atoms with Crippen LogP contribution in [0.3, 0.4) is 0 Å². The maximum atomic E-state index is 2.53. The summed E-state index contributed by atoms with van der Waals surface area (Å²) < 4.78 is 1.66. The van der Waals surface area contributed by atoms with Crippen molar-refractivity contribution in [2.75, 3.05) is 0 Å². The monoisotopic (exact) mass is 252 g/mol. The first-order chi connectivity index (χ1) is 6.67. The Labute approximate surface area is 91.1 Å². The summed E-state index contributed by atoms with van der Waals surface area (Å²) in [6.07, 6.45) is 4.17. The first-order valence-corrected chi connectivity index (χ1v) is 12.5. The molecule has 0 aliphatic heterocycles. The molecule has 0 aliphatic rings. The first-order valence-electron chi connectivity index (χ1n) is 5.72. The third-order valence-corrected chi connectivity index (χ3v) is 10.3. The molecule has 0 nitrogen and oxygen atoms in total. The standard InChI is InChI=1S/C13H22Ge/c1-4-5-9-12-14(2,3)13-10-7-6-8-11-13/h6-8,10-11H,4-5,9,12H2,1-3H3. The molecule has 1 aromatic carbocycles. The van der Waals surface area contributed by atoms with Gasteiger partial charge in [-0.3, -0.25) is 0 Å². The number of hydrogen-bond donors (Lipinski definition) is 0. The van der Waals surface area contributed by atoms with Crippen LogP contribution >= 0.6 is 0 Å². The van der Waals surface area contributed by atoms with Crippen molar-refractivity contribution in [2.45, 2.75) is 43.0 Å². The van der Waals surface area contributed by atoms with Gasteiger partial charge in [0.25, 0.3) is 0 Å². The number of rotatable bonds is 5. The van der Waals surface area contributed by atoms with Crippen molar-refractivity contribution in [2.24, 2.45) is 0 Å². The summed E-state index contributed by atoms with van der Waals surface area (Å²) >= 11 is -1.63. The fourth-order valence-corrected chi connectivity index (χ4v) is 7.13. The molecular weight excluding hydrogens is 229 g/mol. The zero-order chi connectivity index (χ0) is 10.4. The second-order valence-electron chi connectivity index (χ2n) is 4.71. The average Bonchev–Trinajstić information content (AvgIpc) is 2.19. The average molecular weight is 251 g/mol. The summed E-state index contributed by atoms with van der Waals surface area (Å²) in [5, 5.41) is 1.48. The van der Waals surface area contributed by atoms with Gasteiger partial charge in [0.2, 0.25) is 0 Å². The molecule has 0 spiro atoms. The maximum absolute atomic E-state index is 2.53. The van der Waals surface area contributed by atoms with Crippen molar-refractivity contribution in [1.29, 1.82) is 0 Å². The Morgan fingerprint density at radius 2 is 1.64 bits per heavy atom. The van der Waals surface area contributed by atoms with Gasteiger partial charge in [0.1, 0.15) is 0 Å². The molecule has 0 radical (unpaired) electrons. The SMILES string of the molecule is CCCC[CH2][Ge]([CH3])([CH3])[c]1ccccc1. The van der Waals surface area contributed by atoms with Crippen molar-refractivity contribution in [3.8, 4) is 0 Å². The zero-order valence-corrected chi connectivity index (χ0v) is 11.8. The topological polar surface area (TPSA) is 0 Å². The van der Waals surface area contributed by atoms with Gasteiger partial charge in [-0.25, -0.2) is 0 Å². The molecule has 0 bridgehead atoms. The van der Waals surface area contributed by atoms with Crippen molar-refractivity contribution in [1.82, 2.24) is 0 Å². The third-order valence-electron chi connectivity index (χ3n) is 2.96. The van der Waals surface area contributed by atoms with Crippen molar-refractivity contribution >= 4 is 17.7 Å². The summed E-state index contributed by atoms with van der Waals surface area (Å²) in [5.41, 5.74) is 0. The van der Waals surface area contributed by atoms with Crippen molar-refractivity contribution in [3.05, 3.63) is 30.3 Å². The van der Waals surface area contributed by atoms with Crippen LogP contribution in [0.5, 0.6) is 0 Å². The van der Waals surface area contributed by atoms with Gasteiger partial charge in [0, 0.05) is 0 Å². The summed E-state index contributed by atoms with van der Waals surface area (Å²) in [5.74, 6) is 5.07. The van der Waals surface area contributed by atoms with Crippen LogP contribution < -0.4 is 4.40 Å². The number of unbranched alkanes of at least 4 members (excludes halogenated alkanes) is 2. The van der Waals surface area contributed by atoms with E-state index in [9.17, 15) is 0 Å². The molecule has 0 saturated carbocycles. The van der Waals surface area contributed by atoms with Gasteiger partial charge in [0.05, 0.1) is 0 Å². The van der Waals surface area contributed by atoms with E-state index in [-0.39, 0.29) is 0 Å². The molecule has 0 amide bonds. The van der Waals surface area contributed by atoms with Crippen LogP contribution in [0.4, 0.5) is 0 Å². The Bertz CT molecular complexity index is 251. The van der Waals surface area contributed by atoms with E-state index in [1.165, 1.54) is 24.5 Å². The molecule has 0 heterocycles. The molecule has 0 aliphatic carbocycles. The van der Waals surface area contributed by atoms with Crippen LogP contribution in [0.1, 0.15) is 26.2 Å². The molecule has 0 N–H and O–H groups in total. The van der Waals surface area contributed by atoms with Gasteiger partial charge < -0.3 is 0 Å². The Kier molecular flexibility index (Phi) is 4.73. The van der Waals surface area contributed by atoms with E-state index >= 15 is 0 Å². The second-order valence-corrected chi connectivity index (χ2v) is 14.9. The van der Waals surface area contributed by atoms with Crippen LogP contribution in [0, 0.1) is 0 Å². The van der Waals surface area contributed by atoms with E-state index in [1.807, 2.05) is 0 Å². The van der Waals surface area contributed by atoms with Gasteiger partial charge in [-0.15, -0.1) is 0 Å². The Morgan fingerprint density at radius 3 is 2.21 bits per heavy atom. The predicted octanol–water partition coefficient (Wildman–Crippen LogP) is 3.79. The van der Waals surface area contributed by atoms with E-state index < -0.39 is 13.3 Å². The number of benzene rings is 1. The van der Waals surface area contributed by atoms with Gasteiger partial charge in [-0.05, 0) is 0 Å². The quantitative estimate of drug-likeness (QED) is 0.551. The van der Waals surface area contributed by atoms with Gasteiger partial charge >= 0.3 is 90.9 Å². The van der Waals surface area contributed by atoms with Crippen molar-refractivity contribution < 1.29 is 0 Å².